The number of nitrogens with one attached hydrogen (secondary N) is 2. The number of hydrogen-bond acceptors (Lipinski definition) is 2. The van der Waals surface area contributed by atoms with E-state index in [1.54, 1.807) is 0 Å². The summed E-state index contributed by atoms with van der Waals surface area (Å²) in [5.74, 6) is 0.720. The predicted octanol–water partition coefficient (Wildman–Crippen LogP) is 4.13. The van der Waals surface area contributed by atoms with E-state index in [9.17, 15) is 0 Å². The summed E-state index contributed by atoms with van der Waals surface area (Å²) in [4.78, 5) is 15.8. The molecular weight excluding hydrogens is 272 g/mol. The molecule has 0 aliphatic rings. The fraction of sp³-hybridized carbons (Fsp3) is 0. The Bertz CT molecular complexity index is 810. The van der Waals surface area contributed by atoms with E-state index in [1.807, 2.05) is 73.1 Å². The molecule has 3 heterocycles. The number of H-pyrrole nitrogens is 2. The number of nitrogens with zero attached hydrogens (tertiary/aromatic N) is 2. The minimum absolute atomic E-state index is 0.720. The van der Waals surface area contributed by atoms with Crippen LogP contribution in [0.1, 0.15) is 0 Å². The van der Waals surface area contributed by atoms with Gasteiger partial charge in [0, 0.05) is 18.0 Å². The molecule has 0 aliphatic heterocycles. The van der Waals surface area contributed by atoms with Gasteiger partial charge >= 0.3 is 0 Å². The van der Waals surface area contributed by atoms with Gasteiger partial charge in [0.15, 0.2) is 5.82 Å². The predicted molar refractivity (Wildman–Crippen MR) is 87.0 cm³/mol. The van der Waals surface area contributed by atoms with Crippen molar-refractivity contribution in [2.24, 2.45) is 0 Å². The maximum atomic E-state index is 4.70. The molecule has 22 heavy (non-hydrogen) atoms. The molecule has 0 amide bonds. The Balaban J connectivity index is 1.91. The summed E-state index contributed by atoms with van der Waals surface area (Å²) in [6.45, 7) is 0. The third-order valence-corrected chi connectivity index (χ3v) is 3.51. The highest BCUT2D eigenvalue weighted by Gasteiger charge is 2.10. The highest BCUT2D eigenvalue weighted by molar-refractivity contribution is 5.68. The Labute approximate surface area is 127 Å². The first-order valence-electron chi connectivity index (χ1n) is 7.12. The van der Waals surface area contributed by atoms with Gasteiger partial charge in [0.2, 0.25) is 0 Å². The van der Waals surface area contributed by atoms with E-state index < -0.39 is 0 Å². The van der Waals surface area contributed by atoms with Crippen molar-refractivity contribution in [3.8, 4) is 34.2 Å². The van der Waals surface area contributed by atoms with Gasteiger partial charge < -0.3 is 9.97 Å². The molecule has 0 aliphatic carbocycles. The van der Waals surface area contributed by atoms with Crippen LogP contribution in [0.4, 0.5) is 0 Å². The van der Waals surface area contributed by atoms with Crippen molar-refractivity contribution >= 4 is 0 Å². The summed E-state index contributed by atoms with van der Waals surface area (Å²) in [5.41, 5.74) is 4.72. The second kappa shape index (κ2) is 5.33. The maximum Gasteiger partial charge on any atom is 0.160 e. The van der Waals surface area contributed by atoms with Gasteiger partial charge in [-0.2, -0.15) is 0 Å². The number of hydrogen-bond donors (Lipinski definition) is 2. The average Bonchev–Trinajstić information content (AvgIpc) is 3.29. The lowest BCUT2D eigenvalue weighted by molar-refractivity contribution is 1.16. The molecule has 4 heteroatoms. The van der Waals surface area contributed by atoms with Crippen LogP contribution in [0.25, 0.3) is 34.2 Å². The standard InChI is InChI=1S/C18H14N4/c1-2-6-13(7-3-1)18-21-16(14-8-4-10-19-14)12-17(22-18)15-9-5-11-20-15/h1-12,19-20H. The number of rotatable bonds is 3. The van der Waals surface area contributed by atoms with Crippen molar-refractivity contribution < 1.29 is 0 Å². The van der Waals surface area contributed by atoms with Crippen molar-refractivity contribution in [1.29, 1.82) is 0 Å². The van der Waals surface area contributed by atoms with Gasteiger partial charge in [-0.3, -0.25) is 0 Å². The third kappa shape index (κ3) is 2.31. The monoisotopic (exact) mass is 286 g/mol. The SMILES string of the molecule is c1ccc(-c2nc(-c3ccc[nH]3)cc(-c3ccc[nH]3)n2)cc1. The van der Waals surface area contributed by atoms with Crippen molar-refractivity contribution in [2.45, 2.75) is 0 Å². The molecule has 4 rings (SSSR count). The molecule has 4 aromatic rings. The van der Waals surface area contributed by atoms with Gasteiger partial charge in [0.25, 0.3) is 0 Å². The van der Waals surface area contributed by atoms with Gasteiger partial charge in [-0.25, -0.2) is 9.97 Å². The molecule has 0 saturated heterocycles. The van der Waals surface area contributed by atoms with E-state index >= 15 is 0 Å². The maximum absolute atomic E-state index is 4.70. The van der Waals surface area contributed by atoms with Crippen molar-refractivity contribution in [3.05, 3.63) is 73.1 Å². The van der Waals surface area contributed by atoms with E-state index in [0.29, 0.717) is 0 Å². The molecule has 0 radical (unpaired) electrons. The van der Waals surface area contributed by atoms with E-state index in [0.717, 1.165) is 34.2 Å². The van der Waals surface area contributed by atoms with E-state index in [-0.39, 0.29) is 0 Å². The Morgan fingerprint density at radius 2 is 1.23 bits per heavy atom. The summed E-state index contributed by atoms with van der Waals surface area (Å²) in [6.07, 6.45) is 3.79. The summed E-state index contributed by atoms with van der Waals surface area (Å²) in [5, 5.41) is 0. The minimum Gasteiger partial charge on any atom is -0.360 e. The zero-order chi connectivity index (χ0) is 14.8. The van der Waals surface area contributed by atoms with Crippen LogP contribution in [-0.4, -0.2) is 19.9 Å². The van der Waals surface area contributed by atoms with E-state index in [2.05, 4.69) is 9.97 Å². The van der Waals surface area contributed by atoms with Crippen LogP contribution < -0.4 is 0 Å². The summed E-state index contributed by atoms with van der Waals surface area (Å²) in [6, 6.07) is 20.0. The molecule has 2 N–H and O–H groups in total. The van der Waals surface area contributed by atoms with E-state index in [1.165, 1.54) is 0 Å². The lowest BCUT2D eigenvalue weighted by Gasteiger charge is -2.07. The van der Waals surface area contributed by atoms with Gasteiger partial charge in [-0.15, -0.1) is 0 Å². The fourth-order valence-corrected chi connectivity index (χ4v) is 2.42. The molecule has 3 aromatic heterocycles. The van der Waals surface area contributed by atoms with Gasteiger partial charge in [0.1, 0.15) is 0 Å². The molecule has 1 aromatic carbocycles. The van der Waals surface area contributed by atoms with Gasteiger partial charge in [-0.1, -0.05) is 30.3 Å². The van der Waals surface area contributed by atoms with Crippen LogP contribution in [0.2, 0.25) is 0 Å². The summed E-state index contributed by atoms with van der Waals surface area (Å²) < 4.78 is 0. The van der Waals surface area contributed by atoms with Gasteiger partial charge in [-0.05, 0) is 30.3 Å². The quantitative estimate of drug-likeness (QED) is 0.595. The Hall–Kier alpha value is -3.14. The first-order valence-corrected chi connectivity index (χ1v) is 7.12. The van der Waals surface area contributed by atoms with E-state index in [4.69, 9.17) is 9.97 Å². The van der Waals surface area contributed by atoms with Crippen LogP contribution >= 0.6 is 0 Å². The lowest BCUT2D eigenvalue weighted by atomic mass is 10.1. The second-order valence-corrected chi connectivity index (χ2v) is 5.00. The van der Waals surface area contributed by atoms with Crippen LogP contribution in [0.5, 0.6) is 0 Å². The fourth-order valence-electron chi connectivity index (χ4n) is 2.42. The van der Waals surface area contributed by atoms with Crippen molar-refractivity contribution in [3.63, 3.8) is 0 Å². The molecular formula is C18H14N4. The molecule has 0 saturated carbocycles. The number of benzene rings is 1. The first kappa shape index (κ1) is 12.6. The van der Waals surface area contributed by atoms with Crippen LogP contribution in [-0.2, 0) is 0 Å². The zero-order valence-electron chi connectivity index (χ0n) is 11.8. The topological polar surface area (TPSA) is 57.4 Å². The molecule has 0 fully saturated rings. The molecule has 106 valence electrons. The summed E-state index contributed by atoms with van der Waals surface area (Å²) in [7, 11) is 0. The lowest BCUT2D eigenvalue weighted by Crippen LogP contribution is -1.95. The van der Waals surface area contributed by atoms with Crippen molar-refractivity contribution in [2.75, 3.05) is 0 Å². The average molecular weight is 286 g/mol. The Morgan fingerprint density at radius 3 is 1.73 bits per heavy atom. The largest absolute Gasteiger partial charge is 0.360 e. The molecule has 0 spiro atoms. The normalized spacial score (nSPS) is 10.7. The smallest absolute Gasteiger partial charge is 0.160 e. The Kier molecular flexibility index (Phi) is 3.05. The van der Waals surface area contributed by atoms with Crippen LogP contribution in [0, 0.1) is 0 Å². The van der Waals surface area contributed by atoms with Gasteiger partial charge in [0.05, 0.1) is 22.8 Å². The molecule has 0 bridgehead atoms. The zero-order valence-corrected chi connectivity index (χ0v) is 11.8. The third-order valence-electron chi connectivity index (χ3n) is 3.51. The molecule has 0 atom stereocenters. The van der Waals surface area contributed by atoms with Crippen LogP contribution in [0.15, 0.2) is 73.1 Å². The highest BCUT2D eigenvalue weighted by atomic mass is 14.9. The summed E-state index contributed by atoms with van der Waals surface area (Å²) >= 11 is 0. The number of aromatic nitrogens is 4. The second-order valence-electron chi connectivity index (χ2n) is 5.00. The molecule has 4 nitrogen and oxygen atoms in total. The first-order chi connectivity index (χ1) is 10.9. The highest BCUT2D eigenvalue weighted by Crippen LogP contribution is 2.25. The minimum atomic E-state index is 0.720. The van der Waals surface area contributed by atoms with Crippen molar-refractivity contribution in [1.82, 2.24) is 19.9 Å². The Morgan fingerprint density at radius 1 is 0.636 bits per heavy atom. The molecule has 0 unspecified atom stereocenters. The van der Waals surface area contributed by atoms with Crippen LogP contribution in [0.3, 0.4) is 0 Å². The number of aromatic amines is 2.